The van der Waals surface area contributed by atoms with Crippen LogP contribution in [0.3, 0.4) is 0 Å². The normalized spacial score (nSPS) is 14.4. The maximum Gasteiger partial charge on any atom is 0.277 e. The predicted octanol–water partition coefficient (Wildman–Crippen LogP) is 2.67. The van der Waals surface area contributed by atoms with E-state index in [1.807, 2.05) is 44.2 Å². The average molecular weight is 367 g/mol. The van der Waals surface area contributed by atoms with Gasteiger partial charge in [-0.3, -0.25) is 4.79 Å². The molecule has 1 aliphatic rings. The SMILES string of the molecule is Cc1ccc(C)c(OCC(=O)N/N=C\c2ccc(N3CCOCC3)cc2)c1. The highest BCUT2D eigenvalue weighted by atomic mass is 16.5. The first-order chi connectivity index (χ1) is 13.1. The number of benzene rings is 2. The number of morpholine rings is 1. The molecule has 0 atom stereocenters. The molecule has 2 aromatic carbocycles. The third-order valence-corrected chi connectivity index (χ3v) is 4.37. The number of nitrogens with one attached hydrogen (secondary N) is 1. The molecule has 0 bridgehead atoms. The fourth-order valence-corrected chi connectivity index (χ4v) is 2.81. The zero-order valence-electron chi connectivity index (χ0n) is 15.8. The number of anilines is 1. The summed E-state index contributed by atoms with van der Waals surface area (Å²) in [5.74, 6) is 0.421. The molecule has 1 heterocycles. The fraction of sp³-hybridized carbons (Fsp3) is 0.333. The van der Waals surface area contributed by atoms with E-state index >= 15 is 0 Å². The van der Waals surface area contributed by atoms with Gasteiger partial charge in [0.1, 0.15) is 5.75 Å². The second-order valence-corrected chi connectivity index (χ2v) is 6.54. The number of hydrogen-bond acceptors (Lipinski definition) is 5. The lowest BCUT2D eigenvalue weighted by Crippen LogP contribution is -2.36. The smallest absolute Gasteiger partial charge is 0.277 e. The molecule has 6 heteroatoms. The summed E-state index contributed by atoms with van der Waals surface area (Å²) in [6.07, 6.45) is 1.62. The summed E-state index contributed by atoms with van der Waals surface area (Å²) in [7, 11) is 0. The van der Waals surface area contributed by atoms with Crippen LogP contribution in [0, 0.1) is 13.8 Å². The molecule has 1 aliphatic heterocycles. The third-order valence-electron chi connectivity index (χ3n) is 4.37. The number of ether oxygens (including phenoxy) is 2. The summed E-state index contributed by atoms with van der Waals surface area (Å²) in [6.45, 7) is 7.20. The third kappa shape index (κ3) is 5.56. The topological polar surface area (TPSA) is 63.2 Å². The lowest BCUT2D eigenvalue weighted by molar-refractivity contribution is -0.123. The number of nitrogens with zero attached hydrogens (tertiary/aromatic N) is 2. The Bertz CT molecular complexity index is 797. The highest BCUT2D eigenvalue weighted by Crippen LogP contribution is 2.19. The van der Waals surface area contributed by atoms with Crippen LogP contribution in [0.25, 0.3) is 0 Å². The molecular formula is C21H25N3O3. The second-order valence-electron chi connectivity index (χ2n) is 6.54. The van der Waals surface area contributed by atoms with Crippen LogP contribution in [-0.2, 0) is 9.53 Å². The van der Waals surface area contributed by atoms with Gasteiger partial charge in [-0.15, -0.1) is 0 Å². The van der Waals surface area contributed by atoms with Crippen molar-refractivity contribution in [2.24, 2.45) is 5.10 Å². The van der Waals surface area contributed by atoms with E-state index in [9.17, 15) is 4.79 Å². The van der Waals surface area contributed by atoms with Crippen LogP contribution in [0.2, 0.25) is 0 Å². The molecule has 142 valence electrons. The van der Waals surface area contributed by atoms with Crippen LogP contribution in [-0.4, -0.2) is 45.0 Å². The van der Waals surface area contributed by atoms with Gasteiger partial charge in [-0.05, 0) is 48.7 Å². The number of amides is 1. The Balaban J connectivity index is 1.46. The second kappa shape index (κ2) is 9.19. The van der Waals surface area contributed by atoms with Crippen LogP contribution in [0.5, 0.6) is 5.75 Å². The van der Waals surface area contributed by atoms with Gasteiger partial charge in [0.05, 0.1) is 19.4 Å². The predicted molar refractivity (Wildman–Crippen MR) is 107 cm³/mol. The number of hydrazone groups is 1. The maximum absolute atomic E-state index is 11.9. The van der Waals surface area contributed by atoms with Crippen molar-refractivity contribution in [3.05, 3.63) is 59.2 Å². The molecule has 0 spiro atoms. The average Bonchev–Trinajstić information content (AvgIpc) is 2.70. The van der Waals surface area contributed by atoms with Gasteiger partial charge in [0.15, 0.2) is 6.61 Å². The molecule has 0 aromatic heterocycles. The molecule has 1 fully saturated rings. The first-order valence-corrected chi connectivity index (χ1v) is 9.06. The monoisotopic (exact) mass is 367 g/mol. The minimum Gasteiger partial charge on any atom is -0.483 e. The van der Waals surface area contributed by atoms with Gasteiger partial charge in [-0.2, -0.15) is 5.10 Å². The standard InChI is InChI=1S/C21H25N3O3/c1-16-3-4-17(2)20(13-16)27-15-21(25)23-22-14-18-5-7-19(8-6-18)24-9-11-26-12-10-24/h3-8,13-14H,9-12,15H2,1-2H3,(H,23,25)/b22-14-. The van der Waals surface area contributed by atoms with Crippen molar-refractivity contribution in [1.29, 1.82) is 0 Å². The number of rotatable bonds is 6. The highest BCUT2D eigenvalue weighted by molar-refractivity contribution is 5.83. The van der Waals surface area contributed by atoms with Crippen molar-refractivity contribution in [2.45, 2.75) is 13.8 Å². The van der Waals surface area contributed by atoms with E-state index in [0.29, 0.717) is 5.75 Å². The summed E-state index contributed by atoms with van der Waals surface area (Å²) < 4.78 is 10.9. The number of hydrogen-bond donors (Lipinski definition) is 1. The lowest BCUT2D eigenvalue weighted by Gasteiger charge is -2.28. The molecule has 1 saturated heterocycles. The van der Waals surface area contributed by atoms with Gasteiger partial charge < -0.3 is 14.4 Å². The molecule has 1 N–H and O–H groups in total. The van der Waals surface area contributed by atoms with Crippen molar-refractivity contribution in [3.8, 4) is 5.75 Å². The van der Waals surface area contributed by atoms with Crippen LogP contribution < -0.4 is 15.1 Å². The first kappa shape index (κ1) is 18.9. The molecule has 0 saturated carbocycles. The van der Waals surface area contributed by atoms with E-state index in [2.05, 4.69) is 27.6 Å². The lowest BCUT2D eigenvalue weighted by atomic mass is 10.1. The Labute approximate surface area is 159 Å². The summed E-state index contributed by atoms with van der Waals surface area (Å²) in [4.78, 5) is 14.2. The minimum absolute atomic E-state index is 0.0718. The minimum atomic E-state index is -0.294. The van der Waals surface area contributed by atoms with E-state index in [4.69, 9.17) is 9.47 Å². The van der Waals surface area contributed by atoms with E-state index in [1.54, 1.807) is 6.21 Å². The van der Waals surface area contributed by atoms with E-state index in [1.165, 1.54) is 5.69 Å². The molecular weight excluding hydrogens is 342 g/mol. The summed E-state index contributed by atoms with van der Waals surface area (Å²) >= 11 is 0. The van der Waals surface area contributed by atoms with E-state index < -0.39 is 0 Å². The van der Waals surface area contributed by atoms with Gasteiger partial charge in [-0.1, -0.05) is 24.3 Å². The molecule has 0 unspecified atom stereocenters. The van der Waals surface area contributed by atoms with Crippen molar-refractivity contribution >= 4 is 17.8 Å². The number of carbonyl (C=O) groups excluding carboxylic acids is 1. The summed E-state index contributed by atoms with van der Waals surface area (Å²) in [6, 6.07) is 14.0. The highest BCUT2D eigenvalue weighted by Gasteiger charge is 2.10. The Kier molecular flexibility index (Phi) is 6.44. The van der Waals surface area contributed by atoms with Gasteiger partial charge in [0, 0.05) is 18.8 Å². The zero-order chi connectivity index (χ0) is 19.1. The van der Waals surface area contributed by atoms with Gasteiger partial charge >= 0.3 is 0 Å². The van der Waals surface area contributed by atoms with Crippen LogP contribution in [0.1, 0.15) is 16.7 Å². The number of aryl methyl sites for hydroxylation is 2. The molecule has 6 nitrogen and oxygen atoms in total. The first-order valence-electron chi connectivity index (χ1n) is 9.06. The molecule has 2 aromatic rings. The van der Waals surface area contributed by atoms with Gasteiger partial charge in [0.2, 0.25) is 0 Å². The zero-order valence-corrected chi connectivity index (χ0v) is 15.8. The Morgan fingerprint density at radius 2 is 1.93 bits per heavy atom. The summed E-state index contributed by atoms with van der Waals surface area (Å²) in [5.41, 5.74) is 6.67. The quantitative estimate of drug-likeness (QED) is 0.630. The van der Waals surface area contributed by atoms with Crippen molar-refractivity contribution in [1.82, 2.24) is 5.43 Å². The fourth-order valence-electron chi connectivity index (χ4n) is 2.81. The van der Waals surface area contributed by atoms with Crippen LogP contribution in [0.4, 0.5) is 5.69 Å². The Morgan fingerprint density at radius 3 is 2.67 bits per heavy atom. The van der Waals surface area contributed by atoms with Crippen molar-refractivity contribution < 1.29 is 14.3 Å². The maximum atomic E-state index is 11.9. The molecule has 0 aliphatic carbocycles. The molecule has 1 amide bonds. The molecule has 0 radical (unpaired) electrons. The van der Waals surface area contributed by atoms with E-state index in [0.717, 1.165) is 43.0 Å². The Morgan fingerprint density at radius 1 is 1.19 bits per heavy atom. The van der Waals surface area contributed by atoms with Crippen LogP contribution >= 0.6 is 0 Å². The van der Waals surface area contributed by atoms with E-state index in [-0.39, 0.29) is 12.5 Å². The summed E-state index contributed by atoms with van der Waals surface area (Å²) in [5, 5.41) is 4.00. The van der Waals surface area contributed by atoms with Gasteiger partial charge in [-0.25, -0.2) is 5.43 Å². The molecule has 27 heavy (non-hydrogen) atoms. The van der Waals surface area contributed by atoms with Gasteiger partial charge in [0.25, 0.3) is 5.91 Å². The van der Waals surface area contributed by atoms with Crippen LogP contribution in [0.15, 0.2) is 47.6 Å². The largest absolute Gasteiger partial charge is 0.483 e. The van der Waals surface area contributed by atoms with Crippen molar-refractivity contribution in [3.63, 3.8) is 0 Å². The number of carbonyl (C=O) groups is 1. The molecule has 3 rings (SSSR count). The Hall–Kier alpha value is -2.86. The van der Waals surface area contributed by atoms with Crippen molar-refractivity contribution in [2.75, 3.05) is 37.8 Å².